The first-order valence-corrected chi connectivity index (χ1v) is 18.6. The molecule has 1 N–H and O–H groups in total. The fraction of sp³-hybridized carbons (Fsp3) is 0.719. The summed E-state index contributed by atoms with van der Waals surface area (Å²) in [4.78, 5) is 0. The largest absolute Gasteiger partial charge is 2.00 e. The monoisotopic (exact) mass is 684 g/mol. The molecule has 0 heterocycles. The van der Waals surface area contributed by atoms with Crippen LogP contribution in [0.4, 0.5) is 13.2 Å². The van der Waals surface area contributed by atoms with Crippen LogP contribution < -0.4 is 0 Å². The van der Waals surface area contributed by atoms with E-state index in [0.29, 0.717) is 14.3 Å². The maximum absolute atomic E-state index is 10.7. The Kier molecular flexibility index (Phi) is 44.5. The number of unbranched alkanes of at least 4 members (excludes halogenated alkanes) is 3. The van der Waals surface area contributed by atoms with Gasteiger partial charge < -0.3 is 16.6 Å². The van der Waals surface area contributed by atoms with Gasteiger partial charge in [-0.25, -0.2) is 8.42 Å². The van der Waals surface area contributed by atoms with Crippen molar-refractivity contribution in [1.82, 2.24) is 0 Å². The molecule has 0 atom stereocenters. The number of alkyl halides is 3. The van der Waals surface area contributed by atoms with Crippen LogP contribution in [0.5, 0.6) is 0 Å². The van der Waals surface area contributed by atoms with Gasteiger partial charge in [0.25, 0.3) is 0 Å². The van der Waals surface area contributed by atoms with E-state index < -0.39 is 15.6 Å². The van der Waals surface area contributed by atoms with Crippen molar-refractivity contribution in [3.8, 4) is 0 Å². The normalized spacial score (nSPS) is 16.0. The molecule has 10 heteroatoms. The van der Waals surface area contributed by atoms with Gasteiger partial charge in [0.1, 0.15) is 0 Å². The van der Waals surface area contributed by atoms with Crippen LogP contribution in [0.1, 0.15) is 117 Å². The summed E-state index contributed by atoms with van der Waals surface area (Å²) < 4.78 is 58.9. The Morgan fingerprint density at radius 3 is 1.00 bits per heavy atom. The molecule has 2 rings (SSSR count). The predicted octanol–water partition coefficient (Wildman–Crippen LogP) is 9.88. The molecule has 0 spiro atoms. The van der Waals surface area contributed by atoms with Gasteiger partial charge in [0.2, 0.25) is 0 Å². The molecule has 2 fully saturated rings. The van der Waals surface area contributed by atoms with Crippen LogP contribution >= 0.6 is 7.92 Å². The van der Waals surface area contributed by atoms with Crippen molar-refractivity contribution in [3.63, 3.8) is 0 Å². The topological polar surface area (TPSA) is 77.4 Å². The minimum absolute atomic E-state index is 0. The van der Waals surface area contributed by atoms with Crippen molar-refractivity contribution in [1.29, 1.82) is 0 Å². The first-order chi connectivity index (χ1) is 19.5. The summed E-state index contributed by atoms with van der Waals surface area (Å²) >= 11 is 0. The van der Waals surface area contributed by atoms with E-state index in [4.69, 9.17) is 18.1 Å². The Balaban J connectivity index is -0.000000222. The third kappa shape index (κ3) is 42.7. The Labute approximate surface area is 271 Å². The van der Waals surface area contributed by atoms with Crippen molar-refractivity contribution < 1.29 is 47.7 Å². The van der Waals surface area contributed by atoms with Gasteiger partial charge in [0.05, 0.1) is 0 Å². The van der Waals surface area contributed by atoms with Crippen LogP contribution in [0.3, 0.4) is 0 Å². The zero-order chi connectivity index (χ0) is 31.7. The number of halogens is 3. The van der Waals surface area contributed by atoms with Crippen molar-refractivity contribution >= 4 is 18.0 Å². The summed E-state index contributed by atoms with van der Waals surface area (Å²) in [7, 11) is -5.67. The molecule has 2 aliphatic carbocycles. The Morgan fingerprint density at radius 2 is 0.881 bits per heavy atom. The summed E-state index contributed by atoms with van der Waals surface area (Å²) in [5, 5.41) is 7.81. The molecule has 4 nitrogen and oxygen atoms in total. The molecule has 0 amide bonds. The Morgan fingerprint density at radius 1 is 0.690 bits per heavy atom. The average Bonchev–Trinajstić information content (AvgIpc) is 2.87. The molecule has 0 aromatic carbocycles. The van der Waals surface area contributed by atoms with E-state index in [-0.39, 0.29) is 23.1 Å². The van der Waals surface area contributed by atoms with E-state index in [1.54, 1.807) is 18.5 Å². The average molecular weight is 686 g/mol. The fourth-order valence-electron chi connectivity index (χ4n) is 3.19. The summed E-state index contributed by atoms with van der Waals surface area (Å²) in [6, 6.07) is 0. The number of hydrogen-bond acceptors (Lipinski definition) is 4. The summed E-state index contributed by atoms with van der Waals surface area (Å²) in [5.74, 6) is 0. The van der Waals surface area contributed by atoms with Crippen LogP contribution in [-0.4, -0.2) is 48.7 Å². The van der Waals surface area contributed by atoms with E-state index in [1.807, 2.05) is 0 Å². The van der Waals surface area contributed by atoms with Crippen LogP contribution in [0, 0.1) is 58.3 Å². The smallest absolute Gasteiger partial charge is 0.741 e. The molecule has 42 heavy (non-hydrogen) atoms. The molecule has 8 radical (unpaired) electrons. The van der Waals surface area contributed by atoms with Gasteiger partial charge in [-0.2, -0.15) is 19.6 Å². The molecule has 0 saturated heterocycles. The van der Waals surface area contributed by atoms with Crippen molar-refractivity contribution in [2.24, 2.45) is 0 Å². The minimum Gasteiger partial charge on any atom is -0.741 e. The number of aliphatic hydroxyl groups is 1. The third-order valence-electron chi connectivity index (χ3n) is 5.59. The van der Waals surface area contributed by atoms with Gasteiger partial charge in [0.15, 0.2) is 10.1 Å². The van der Waals surface area contributed by atoms with E-state index in [9.17, 15) is 13.2 Å². The number of rotatable bonds is 10. The number of aliphatic hydroxyl groups excluding tert-OH is 1. The molecule has 2 aliphatic rings. The van der Waals surface area contributed by atoms with Crippen LogP contribution in [0.25, 0.3) is 0 Å². The van der Waals surface area contributed by atoms with Crippen molar-refractivity contribution in [2.75, 3.05) is 25.1 Å². The standard InChI is InChI=1S/C12H27P.2C8H12.C3H7O.CHF3O3S.Ni/c1-4-7-10-13(11-8-5-2)12-9-6-3;2*1-2-4-6-8-7-5-3-1;1-2-3-4;2-1(3,4)8(5,6)7;/h4-12H2,1-3H3;2*1-2,7-8H,3-6H2;4H,1-3H2;(H,5,6,7);/q;;;-1;;+2/p-1. The quantitative estimate of drug-likeness (QED) is 0.0817. The molecule has 0 bridgehead atoms. The second kappa shape index (κ2) is 37.8. The summed E-state index contributed by atoms with van der Waals surface area (Å²) in [6.07, 6.45) is 41.8. The van der Waals surface area contributed by atoms with Gasteiger partial charge in [-0.05, 0) is 140 Å². The molecule has 252 valence electrons. The van der Waals surface area contributed by atoms with Crippen LogP contribution in [-0.2, 0) is 26.6 Å². The molecular formula is C32H58F3NiO4PS. The maximum Gasteiger partial charge on any atom is 2.00 e. The van der Waals surface area contributed by atoms with Gasteiger partial charge in [-0.15, -0.1) is 7.92 Å². The predicted molar refractivity (Wildman–Crippen MR) is 170 cm³/mol. The van der Waals surface area contributed by atoms with E-state index in [2.05, 4.69) is 79.1 Å². The first-order valence-electron chi connectivity index (χ1n) is 15.3. The van der Waals surface area contributed by atoms with Crippen LogP contribution in [0.15, 0.2) is 0 Å². The molecule has 0 aromatic heterocycles. The second-order valence-electron chi connectivity index (χ2n) is 9.57. The first kappa shape index (κ1) is 49.5. The molecular weight excluding hydrogens is 627 g/mol. The Hall–Kier alpha value is 0.584. The molecule has 2 saturated carbocycles. The second-order valence-corrected chi connectivity index (χ2v) is 13.6. The maximum atomic E-state index is 10.7. The van der Waals surface area contributed by atoms with Crippen LogP contribution in [0.2, 0.25) is 0 Å². The Bertz CT molecular complexity index is 512. The fourth-order valence-corrected chi connectivity index (χ4v) is 6.15. The van der Waals surface area contributed by atoms with Crippen molar-refractivity contribution in [3.05, 3.63) is 58.3 Å². The molecule has 0 aromatic rings. The van der Waals surface area contributed by atoms with Gasteiger partial charge in [0, 0.05) is 6.61 Å². The van der Waals surface area contributed by atoms with Crippen molar-refractivity contribution in [2.45, 2.75) is 123 Å². The summed E-state index contributed by atoms with van der Waals surface area (Å²) in [5.41, 5.74) is -5.65. The van der Waals surface area contributed by atoms with Gasteiger partial charge in [-0.3, -0.25) is 0 Å². The zero-order valence-electron chi connectivity index (χ0n) is 26.2. The van der Waals surface area contributed by atoms with E-state index in [0.717, 1.165) is 0 Å². The number of hydrogen-bond donors (Lipinski definition) is 1. The van der Waals surface area contributed by atoms with Gasteiger partial charge in [-0.1, -0.05) is 40.0 Å². The summed E-state index contributed by atoms with van der Waals surface area (Å²) in [6.45, 7) is 10.5. The molecule has 0 aliphatic heterocycles. The zero-order valence-corrected chi connectivity index (χ0v) is 28.9. The van der Waals surface area contributed by atoms with E-state index >= 15 is 0 Å². The molecule has 0 unspecified atom stereocenters. The SMILES string of the molecule is CCCCP(CCCC)CCCC.O=S(=O)([O-])C(F)(F)F.[CH2-]CCO.[CH]1[CH]CC[CH][CH]CC1.[CH]1[CH]CC[CH][CH]CC1.[Ni+2]. The third-order valence-corrected chi connectivity index (χ3v) is 9.00. The minimum atomic E-state index is -6.09. The van der Waals surface area contributed by atoms with Gasteiger partial charge >= 0.3 is 22.0 Å². The van der Waals surface area contributed by atoms with E-state index in [1.165, 1.54) is 89.9 Å².